The Morgan fingerprint density at radius 3 is 3.00 bits per heavy atom. The van der Waals surface area contributed by atoms with Gasteiger partial charge >= 0.3 is 5.97 Å². The Bertz CT molecular complexity index is 589. The number of carboxylic acid groups (broad SMARTS) is 1. The third-order valence-corrected chi connectivity index (χ3v) is 3.39. The van der Waals surface area contributed by atoms with E-state index in [1.165, 1.54) is 25.3 Å². The standard InChI is InChI=1S/C12H14N4O2/c17-12(18)9-5-2-6-16-10(14-15-11(9)16)7-13-8-3-1-4-8/h2,5-6,8,13H,1,3-4,7H2,(H,17,18). The lowest BCUT2D eigenvalue weighted by molar-refractivity contribution is 0.0698. The van der Waals surface area contributed by atoms with Gasteiger partial charge in [0.25, 0.3) is 0 Å². The number of rotatable bonds is 4. The summed E-state index contributed by atoms with van der Waals surface area (Å²) in [6.45, 7) is 0.620. The van der Waals surface area contributed by atoms with Crippen molar-refractivity contribution < 1.29 is 9.90 Å². The van der Waals surface area contributed by atoms with Gasteiger partial charge in [0.15, 0.2) is 11.5 Å². The van der Waals surface area contributed by atoms with E-state index in [9.17, 15) is 4.79 Å². The molecule has 0 spiro atoms. The number of aromatic carboxylic acids is 1. The Morgan fingerprint density at radius 1 is 1.50 bits per heavy atom. The van der Waals surface area contributed by atoms with E-state index in [1.807, 2.05) is 0 Å². The maximum absolute atomic E-state index is 11.0. The molecular formula is C12H14N4O2. The van der Waals surface area contributed by atoms with Crippen molar-refractivity contribution in [1.29, 1.82) is 0 Å². The van der Waals surface area contributed by atoms with E-state index in [0.29, 0.717) is 18.2 Å². The van der Waals surface area contributed by atoms with Crippen LogP contribution in [-0.2, 0) is 6.54 Å². The van der Waals surface area contributed by atoms with Gasteiger partial charge in [-0.1, -0.05) is 6.42 Å². The number of fused-ring (bicyclic) bond motifs is 1. The summed E-state index contributed by atoms with van der Waals surface area (Å²) in [5, 5.41) is 20.5. The van der Waals surface area contributed by atoms with Gasteiger partial charge in [0.1, 0.15) is 5.56 Å². The first-order valence-corrected chi connectivity index (χ1v) is 6.05. The largest absolute Gasteiger partial charge is 0.478 e. The molecule has 0 saturated heterocycles. The van der Waals surface area contributed by atoms with Gasteiger partial charge in [0.05, 0.1) is 6.54 Å². The summed E-state index contributed by atoms with van der Waals surface area (Å²) in [4.78, 5) is 11.0. The van der Waals surface area contributed by atoms with Crippen LogP contribution in [0.3, 0.4) is 0 Å². The molecule has 0 radical (unpaired) electrons. The Kier molecular flexibility index (Phi) is 2.71. The fourth-order valence-corrected chi connectivity index (χ4v) is 2.10. The normalized spacial score (nSPS) is 15.8. The second kappa shape index (κ2) is 4.38. The zero-order chi connectivity index (χ0) is 12.5. The van der Waals surface area contributed by atoms with Crippen LogP contribution in [0.25, 0.3) is 5.65 Å². The first-order chi connectivity index (χ1) is 8.75. The summed E-state index contributed by atoms with van der Waals surface area (Å²) in [5.41, 5.74) is 0.579. The van der Waals surface area contributed by atoms with Crippen molar-refractivity contribution in [2.24, 2.45) is 0 Å². The smallest absolute Gasteiger partial charge is 0.339 e. The third kappa shape index (κ3) is 1.84. The quantitative estimate of drug-likeness (QED) is 0.843. The summed E-state index contributed by atoms with van der Waals surface area (Å²) >= 11 is 0. The van der Waals surface area contributed by atoms with Crippen LogP contribution in [0, 0.1) is 0 Å². The Morgan fingerprint density at radius 2 is 2.33 bits per heavy atom. The minimum Gasteiger partial charge on any atom is -0.478 e. The van der Waals surface area contributed by atoms with Crippen LogP contribution in [0.15, 0.2) is 18.3 Å². The maximum Gasteiger partial charge on any atom is 0.339 e. The zero-order valence-corrected chi connectivity index (χ0v) is 9.83. The molecule has 6 heteroatoms. The van der Waals surface area contributed by atoms with Crippen molar-refractivity contribution in [3.05, 3.63) is 29.7 Å². The van der Waals surface area contributed by atoms with E-state index in [1.54, 1.807) is 16.7 Å². The van der Waals surface area contributed by atoms with Crippen molar-refractivity contribution in [2.75, 3.05) is 0 Å². The highest BCUT2D eigenvalue weighted by molar-refractivity contribution is 5.94. The molecule has 1 aliphatic rings. The van der Waals surface area contributed by atoms with Gasteiger partial charge in [0.2, 0.25) is 0 Å². The molecule has 0 amide bonds. The molecule has 2 aromatic rings. The SMILES string of the molecule is O=C(O)c1cccn2c(CNC3CCC3)nnc12. The molecular weight excluding hydrogens is 232 g/mol. The fourth-order valence-electron chi connectivity index (χ4n) is 2.10. The van der Waals surface area contributed by atoms with Crippen molar-refractivity contribution in [3.8, 4) is 0 Å². The summed E-state index contributed by atoms with van der Waals surface area (Å²) in [5.74, 6) is -0.230. The van der Waals surface area contributed by atoms with Crippen LogP contribution in [0.1, 0.15) is 35.4 Å². The van der Waals surface area contributed by atoms with Gasteiger partial charge in [-0.25, -0.2) is 4.79 Å². The minimum absolute atomic E-state index is 0.180. The van der Waals surface area contributed by atoms with Crippen LogP contribution < -0.4 is 5.32 Å². The Hall–Kier alpha value is -1.95. The number of pyridine rings is 1. The Labute approximate surface area is 104 Å². The van der Waals surface area contributed by atoms with Crippen molar-refractivity contribution in [1.82, 2.24) is 19.9 Å². The van der Waals surface area contributed by atoms with Gasteiger partial charge in [-0.05, 0) is 25.0 Å². The zero-order valence-electron chi connectivity index (χ0n) is 9.83. The van der Waals surface area contributed by atoms with Crippen molar-refractivity contribution in [2.45, 2.75) is 31.8 Å². The number of hydrogen-bond donors (Lipinski definition) is 2. The summed E-state index contributed by atoms with van der Waals surface area (Å²) in [6.07, 6.45) is 5.48. The molecule has 3 rings (SSSR count). The number of nitrogens with one attached hydrogen (secondary N) is 1. The van der Waals surface area contributed by atoms with Crippen molar-refractivity contribution >= 4 is 11.6 Å². The lowest BCUT2D eigenvalue weighted by Gasteiger charge is -2.26. The van der Waals surface area contributed by atoms with Crippen molar-refractivity contribution in [3.63, 3.8) is 0 Å². The van der Waals surface area contributed by atoms with Gasteiger partial charge < -0.3 is 10.4 Å². The highest BCUT2D eigenvalue weighted by Crippen LogP contribution is 2.18. The number of hydrogen-bond acceptors (Lipinski definition) is 4. The predicted molar refractivity (Wildman–Crippen MR) is 64.4 cm³/mol. The third-order valence-electron chi connectivity index (χ3n) is 3.39. The fraction of sp³-hybridized carbons (Fsp3) is 0.417. The molecule has 1 fully saturated rings. The van der Waals surface area contributed by atoms with E-state index < -0.39 is 5.97 Å². The molecule has 0 atom stereocenters. The van der Waals surface area contributed by atoms with Crippen LogP contribution in [0.5, 0.6) is 0 Å². The van der Waals surface area contributed by atoms with Crippen LogP contribution in [0.4, 0.5) is 0 Å². The maximum atomic E-state index is 11.0. The van der Waals surface area contributed by atoms with Crippen LogP contribution in [-0.4, -0.2) is 31.7 Å². The molecule has 18 heavy (non-hydrogen) atoms. The highest BCUT2D eigenvalue weighted by Gasteiger charge is 2.18. The Balaban J connectivity index is 1.88. The molecule has 1 aliphatic carbocycles. The first kappa shape index (κ1) is 11.2. The molecule has 0 unspecified atom stereocenters. The first-order valence-electron chi connectivity index (χ1n) is 6.05. The minimum atomic E-state index is -0.980. The molecule has 1 saturated carbocycles. The molecule has 0 aromatic carbocycles. The second-order valence-electron chi connectivity index (χ2n) is 4.55. The van der Waals surface area contributed by atoms with Crippen LogP contribution in [0.2, 0.25) is 0 Å². The number of carboxylic acids is 1. The number of aromatic nitrogens is 3. The van der Waals surface area contributed by atoms with E-state index >= 15 is 0 Å². The summed E-state index contributed by atoms with van der Waals surface area (Å²) < 4.78 is 1.73. The summed E-state index contributed by atoms with van der Waals surface area (Å²) in [6, 6.07) is 3.81. The number of carbonyl (C=O) groups is 1. The van der Waals surface area contributed by atoms with E-state index in [4.69, 9.17) is 5.11 Å². The molecule has 2 aromatic heterocycles. The van der Waals surface area contributed by atoms with Gasteiger partial charge in [-0.3, -0.25) is 4.40 Å². The average molecular weight is 246 g/mol. The molecule has 0 bridgehead atoms. The second-order valence-corrected chi connectivity index (χ2v) is 4.55. The van der Waals surface area contributed by atoms with E-state index in [-0.39, 0.29) is 5.56 Å². The monoisotopic (exact) mass is 246 g/mol. The highest BCUT2D eigenvalue weighted by atomic mass is 16.4. The van der Waals surface area contributed by atoms with Gasteiger partial charge in [0, 0.05) is 12.2 Å². The molecule has 2 N–H and O–H groups in total. The number of nitrogens with zero attached hydrogens (tertiary/aromatic N) is 3. The molecule has 6 nitrogen and oxygen atoms in total. The lowest BCUT2D eigenvalue weighted by atomic mass is 9.93. The van der Waals surface area contributed by atoms with Crippen LogP contribution >= 0.6 is 0 Å². The molecule has 94 valence electrons. The average Bonchev–Trinajstić information content (AvgIpc) is 2.70. The predicted octanol–water partition coefficient (Wildman–Crippen LogP) is 1.07. The van der Waals surface area contributed by atoms with E-state index in [2.05, 4.69) is 15.5 Å². The van der Waals surface area contributed by atoms with E-state index in [0.717, 1.165) is 5.82 Å². The molecule has 2 heterocycles. The topological polar surface area (TPSA) is 79.5 Å². The van der Waals surface area contributed by atoms with Gasteiger partial charge in [-0.2, -0.15) is 0 Å². The van der Waals surface area contributed by atoms with Gasteiger partial charge in [-0.15, -0.1) is 10.2 Å². The molecule has 0 aliphatic heterocycles. The summed E-state index contributed by atoms with van der Waals surface area (Å²) in [7, 11) is 0. The lowest BCUT2D eigenvalue weighted by Crippen LogP contribution is -2.35.